The van der Waals surface area contributed by atoms with Crippen molar-refractivity contribution in [3.05, 3.63) is 34.1 Å². The molecule has 0 amide bonds. The molecule has 0 aliphatic rings. The van der Waals surface area contributed by atoms with Crippen LogP contribution in [0.25, 0.3) is 0 Å². The van der Waals surface area contributed by atoms with E-state index in [-0.39, 0.29) is 11.4 Å². The van der Waals surface area contributed by atoms with Crippen molar-refractivity contribution in [2.24, 2.45) is 0 Å². The van der Waals surface area contributed by atoms with Gasteiger partial charge < -0.3 is 0 Å². The Morgan fingerprint density at radius 3 is 3.07 bits per heavy atom. The Labute approximate surface area is 82.1 Å². The molecule has 0 unspecified atom stereocenters. The minimum atomic E-state index is -0.469. The molecular weight excluding hydrogens is 180 g/mol. The van der Waals surface area contributed by atoms with Gasteiger partial charge in [0.05, 0.1) is 4.92 Å². The van der Waals surface area contributed by atoms with Gasteiger partial charge in [-0.05, 0) is 18.4 Å². The van der Waals surface area contributed by atoms with Crippen LogP contribution in [-0.2, 0) is 0 Å². The van der Waals surface area contributed by atoms with Gasteiger partial charge in [-0.3, -0.25) is 10.1 Å². The summed E-state index contributed by atoms with van der Waals surface area (Å²) in [6, 6.07) is 2.94. The number of pyridine rings is 1. The Morgan fingerprint density at radius 1 is 1.64 bits per heavy atom. The van der Waals surface area contributed by atoms with Crippen molar-refractivity contribution in [1.82, 2.24) is 4.98 Å². The standard InChI is InChI=1S/C10H10N2O2/c1-2-3-4-6-9-10(12(13)14)7-5-8-11-9/h5,7-8H,2-3H2,1H3. The molecule has 0 saturated carbocycles. The van der Waals surface area contributed by atoms with Crippen molar-refractivity contribution < 1.29 is 4.92 Å². The Bertz CT molecular complexity index is 391. The second kappa shape index (κ2) is 4.97. The first kappa shape index (κ1) is 10.2. The molecule has 4 heteroatoms. The van der Waals surface area contributed by atoms with Gasteiger partial charge in [0.25, 0.3) is 0 Å². The largest absolute Gasteiger partial charge is 0.303 e. The van der Waals surface area contributed by atoms with Crippen LogP contribution in [0.3, 0.4) is 0 Å². The molecule has 0 aliphatic carbocycles. The van der Waals surface area contributed by atoms with Gasteiger partial charge in [-0.25, -0.2) is 4.98 Å². The fraction of sp³-hybridized carbons (Fsp3) is 0.300. The molecule has 0 saturated heterocycles. The highest BCUT2D eigenvalue weighted by Crippen LogP contribution is 2.13. The molecule has 14 heavy (non-hydrogen) atoms. The maximum atomic E-state index is 10.6. The molecule has 1 aromatic rings. The average molecular weight is 190 g/mol. The van der Waals surface area contributed by atoms with E-state index in [1.54, 1.807) is 0 Å². The summed E-state index contributed by atoms with van der Waals surface area (Å²) in [5, 5.41) is 10.6. The van der Waals surface area contributed by atoms with Crippen LogP contribution in [0.5, 0.6) is 0 Å². The van der Waals surface area contributed by atoms with Gasteiger partial charge in [0.2, 0.25) is 0 Å². The molecule has 0 fully saturated rings. The van der Waals surface area contributed by atoms with E-state index in [9.17, 15) is 10.1 Å². The highest BCUT2D eigenvalue weighted by molar-refractivity contribution is 5.45. The normalized spacial score (nSPS) is 8.93. The maximum Gasteiger partial charge on any atom is 0.303 e. The lowest BCUT2D eigenvalue weighted by molar-refractivity contribution is -0.385. The maximum absolute atomic E-state index is 10.6. The fourth-order valence-electron chi connectivity index (χ4n) is 0.912. The van der Waals surface area contributed by atoms with Gasteiger partial charge in [0.1, 0.15) is 0 Å². The molecule has 0 spiro atoms. The van der Waals surface area contributed by atoms with E-state index in [1.807, 2.05) is 6.92 Å². The third kappa shape index (κ3) is 2.56. The molecule has 0 N–H and O–H groups in total. The second-order valence-corrected chi connectivity index (χ2v) is 2.68. The lowest BCUT2D eigenvalue weighted by Gasteiger charge is -1.92. The minimum Gasteiger partial charge on any atom is -0.258 e. The number of nitrogens with zero attached hydrogens (tertiary/aromatic N) is 2. The Balaban J connectivity index is 2.97. The summed E-state index contributed by atoms with van der Waals surface area (Å²) in [6.07, 6.45) is 3.17. The number of aromatic nitrogens is 1. The van der Waals surface area contributed by atoms with Crippen molar-refractivity contribution in [3.8, 4) is 11.8 Å². The van der Waals surface area contributed by atoms with Crippen LogP contribution in [-0.4, -0.2) is 9.91 Å². The Hall–Kier alpha value is -1.89. The topological polar surface area (TPSA) is 56.0 Å². The van der Waals surface area contributed by atoms with Gasteiger partial charge in [-0.15, -0.1) is 0 Å². The molecule has 1 rings (SSSR count). The average Bonchev–Trinajstić information content (AvgIpc) is 2.19. The quantitative estimate of drug-likeness (QED) is 0.408. The molecule has 1 aromatic heterocycles. The van der Waals surface area contributed by atoms with E-state index in [0.717, 1.165) is 12.8 Å². The van der Waals surface area contributed by atoms with Crippen molar-refractivity contribution in [1.29, 1.82) is 0 Å². The number of nitro groups is 1. The first-order chi connectivity index (χ1) is 6.75. The van der Waals surface area contributed by atoms with Crippen LogP contribution in [0.1, 0.15) is 25.5 Å². The van der Waals surface area contributed by atoms with Gasteiger partial charge >= 0.3 is 5.69 Å². The van der Waals surface area contributed by atoms with Crippen LogP contribution < -0.4 is 0 Å². The van der Waals surface area contributed by atoms with Gasteiger partial charge in [-0.2, -0.15) is 0 Å². The monoisotopic (exact) mass is 190 g/mol. The van der Waals surface area contributed by atoms with E-state index in [0.29, 0.717) is 0 Å². The molecule has 1 heterocycles. The molecule has 4 nitrogen and oxygen atoms in total. The number of hydrogen-bond donors (Lipinski definition) is 0. The summed E-state index contributed by atoms with van der Waals surface area (Å²) >= 11 is 0. The SMILES string of the molecule is CCCC#Cc1ncccc1[N+](=O)[O-]. The highest BCUT2D eigenvalue weighted by atomic mass is 16.6. The summed E-state index contributed by atoms with van der Waals surface area (Å²) in [5.41, 5.74) is 0.210. The minimum absolute atomic E-state index is 0.0314. The first-order valence-corrected chi connectivity index (χ1v) is 4.34. The number of hydrogen-bond acceptors (Lipinski definition) is 3. The smallest absolute Gasteiger partial charge is 0.258 e. The lowest BCUT2D eigenvalue weighted by Crippen LogP contribution is -1.93. The third-order valence-corrected chi connectivity index (χ3v) is 1.56. The Kier molecular flexibility index (Phi) is 3.62. The lowest BCUT2D eigenvalue weighted by atomic mass is 10.3. The van der Waals surface area contributed by atoms with Gasteiger partial charge in [0, 0.05) is 18.7 Å². The van der Waals surface area contributed by atoms with E-state index in [1.165, 1.54) is 18.3 Å². The first-order valence-electron chi connectivity index (χ1n) is 4.34. The van der Waals surface area contributed by atoms with Crippen molar-refractivity contribution >= 4 is 5.69 Å². The molecule has 0 radical (unpaired) electrons. The second-order valence-electron chi connectivity index (χ2n) is 2.68. The molecular formula is C10H10N2O2. The van der Waals surface area contributed by atoms with Crippen LogP contribution in [0.15, 0.2) is 18.3 Å². The van der Waals surface area contributed by atoms with Crippen LogP contribution in [0.4, 0.5) is 5.69 Å². The van der Waals surface area contributed by atoms with Crippen molar-refractivity contribution in [2.45, 2.75) is 19.8 Å². The number of rotatable bonds is 2. The summed E-state index contributed by atoms with van der Waals surface area (Å²) in [4.78, 5) is 13.9. The van der Waals surface area contributed by atoms with Crippen molar-refractivity contribution in [3.63, 3.8) is 0 Å². The van der Waals surface area contributed by atoms with E-state index < -0.39 is 4.92 Å². The third-order valence-electron chi connectivity index (χ3n) is 1.56. The highest BCUT2D eigenvalue weighted by Gasteiger charge is 2.10. The fourth-order valence-corrected chi connectivity index (χ4v) is 0.912. The summed E-state index contributed by atoms with van der Waals surface area (Å²) in [7, 11) is 0. The van der Waals surface area contributed by atoms with Crippen LogP contribution in [0, 0.1) is 22.0 Å². The molecule has 0 bridgehead atoms. The van der Waals surface area contributed by atoms with Gasteiger partial charge in [0.15, 0.2) is 5.69 Å². The predicted octanol–water partition coefficient (Wildman–Crippen LogP) is 2.14. The molecule has 0 aromatic carbocycles. The van der Waals surface area contributed by atoms with Gasteiger partial charge in [-0.1, -0.05) is 12.8 Å². The van der Waals surface area contributed by atoms with Crippen molar-refractivity contribution in [2.75, 3.05) is 0 Å². The zero-order valence-electron chi connectivity index (χ0n) is 7.86. The molecule has 0 aliphatic heterocycles. The zero-order chi connectivity index (χ0) is 10.4. The molecule has 0 atom stereocenters. The van der Waals surface area contributed by atoms with E-state index in [2.05, 4.69) is 16.8 Å². The summed E-state index contributed by atoms with van der Waals surface area (Å²) < 4.78 is 0. The van der Waals surface area contributed by atoms with Crippen LogP contribution in [0.2, 0.25) is 0 Å². The Morgan fingerprint density at radius 2 is 2.43 bits per heavy atom. The van der Waals surface area contributed by atoms with E-state index >= 15 is 0 Å². The predicted molar refractivity (Wildman–Crippen MR) is 52.7 cm³/mol. The summed E-state index contributed by atoms with van der Waals surface area (Å²) in [6.45, 7) is 2.00. The molecule has 72 valence electrons. The number of unbranched alkanes of at least 4 members (excludes halogenated alkanes) is 1. The van der Waals surface area contributed by atoms with Crippen LogP contribution >= 0.6 is 0 Å². The zero-order valence-corrected chi connectivity index (χ0v) is 7.86. The summed E-state index contributed by atoms with van der Waals surface area (Å²) in [5.74, 6) is 5.52. The van der Waals surface area contributed by atoms with E-state index in [4.69, 9.17) is 0 Å².